The lowest BCUT2D eigenvalue weighted by Crippen LogP contribution is -2.72. The Morgan fingerprint density at radius 2 is 1.76 bits per heavy atom. The van der Waals surface area contributed by atoms with Gasteiger partial charge in [0.05, 0.1) is 34.9 Å². The number of nitrogens with one attached hydrogen (secondary N) is 1. The number of rotatable bonds is 13. The smallest absolute Gasteiger partial charge is 0.308 e. The molecule has 3 fully saturated rings. The van der Waals surface area contributed by atoms with E-state index < -0.39 is 23.5 Å². The molecular formula is C37H45ClFN3O8. The standard InChI is InChI=1S/C37H45ClFN3O8/c1-4-48-35(45)24-12-14-26(15-13-24)50-37(41-17-7-8-18-41,42-19-9-16-36(42,46-2)47-3)33(43)21-25-20-29(38)31(22-30(25)39)40-34(44)28-23-49-32-11-6-5-10-27(28)32/h5-6,10-11,20,22-24,26H,4,7-9,12-19,21H2,1-3H3,(H,40,44). The summed E-state index contributed by atoms with van der Waals surface area (Å²) in [6.45, 7) is 3.72. The molecule has 2 aromatic carbocycles. The number of nitrogens with zero attached hydrogens (tertiary/aromatic N) is 2. The van der Waals surface area contributed by atoms with Crippen molar-refractivity contribution in [2.75, 3.05) is 45.8 Å². The number of benzene rings is 2. The number of ether oxygens (including phenoxy) is 4. The Hall–Kier alpha value is -3.39. The Kier molecular flexibility index (Phi) is 11.3. The molecule has 1 atom stereocenters. The van der Waals surface area contributed by atoms with Crippen LogP contribution in [-0.4, -0.2) is 85.8 Å². The maximum atomic E-state index is 16.0. The fourth-order valence-electron chi connectivity index (χ4n) is 7.74. The SMILES string of the molecule is CCOC(=O)C1CCC(OC(C(=O)Cc2cc(Cl)c(NC(=O)c3coc4ccccc34)cc2F)(N2CCCC2)N2CCCC2(OC)OC)CC1. The third kappa shape index (κ3) is 6.93. The number of esters is 1. The molecule has 6 rings (SSSR count). The van der Waals surface area contributed by atoms with Gasteiger partial charge in [0.1, 0.15) is 17.7 Å². The largest absolute Gasteiger partial charge is 0.466 e. The van der Waals surface area contributed by atoms with E-state index in [0.717, 1.165) is 18.9 Å². The Morgan fingerprint density at radius 1 is 1.04 bits per heavy atom. The second-order valence-electron chi connectivity index (χ2n) is 13.1. The van der Waals surface area contributed by atoms with E-state index in [4.69, 9.17) is 35.0 Å². The number of methoxy groups -OCH3 is 2. The van der Waals surface area contributed by atoms with Crippen molar-refractivity contribution in [1.29, 1.82) is 0 Å². The third-order valence-electron chi connectivity index (χ3n) is 10.3. The number of ketones is 1. The Bertz CT molecular complexity index is 1700. The van der Waals surface area contributed by atoms with Crippen LogP contribution in [0.2, 0.25) is 5.02 Å². The van der Waals surface area contributed by atoms with Gasteiger partial charge in [-0.15, -0.1) is 0 Å². The van der Waals surface area contributed by atoms with Crippen molar-refractivity contribution in [3.05, 3.63) is 64.6 Å². The van der Waals surface area contributed by atoms with Gasteiger partial charge in [-0.1, -0.05) is 29.8 Å². The molecule has 0 radical (unpaired) electrons. The zero-order valence-corrected chi connectivity index (χ0v) is 29.6. The van der Waals surface area contributed by atoms with Crippen molar-refractivity contribution < 1.29 is 42.1 Å². The first kappa shape index (κ1) is 36.4. The molecule has 3 aliphatic rings. The predicted octanol–water partition coefficient (Wildman–Crippen LogP) is 6.52. The zero-order chi connectivity index (χ0) is 35.5. The molecule has 2 saturated heterocycles. The Morgan fingerprint density at radius 3 is 2.46 bits per heavy atom. The number of hydrogen-bond acceptors (Lipinski definition) is 10. The molecule has 13 heteroatoms. The quantitative estimate of drug-likeness (QED) is 0.155. The Balaban J connectivity index is 1.30. The summed E-state index contributed by atoms with van der Waals surface area (Å²) in [7, 11) is 3.09. The van der Waals surface area contributed by atoms with Gasteiger partial charge in [-0.2, -0.15) is 0 Å². The van der Waals surface area contributed by atoms with Crippen LogP contribution in [0.3, 0.4) is 0 Å². The second kappa shape index (κ2) is 15.5. The normalized spacial score (nSPS) is 22.4. The molecule has 1 aromatic heterocycles. The summed E-state index contributed by atoms with van der Waals surface area (Å²) in [5.74, 6) is -4.93. The summed E-state index contributed by atoms with van der Waals surface area (Å²) in [5, 5.41) is 3.37. The van der Waals surface area contributed by atoms with Crippen molar-refractivity contribution in [3.8, 4) is 0 Å². The first-order valence-corrected chi connectivity index (χ1v) is 17.8. The number of halogens is 2. The molecule has 50 heavy (non-hydrogen) atoms. The average Bonchev–Trinajstić information content (AvgIpc) is 3.91. The number of furan rings is 1. The van der Waals surface area contributed by atoms with Crippen LogP contribution in [0.5, 0.6) is 0 Å². The summed E-state index contributed by atoms with van der Waals surface area (Å²) < 4.78 is 45.7. The molecule has 1 N–H and O–H groups in total. The van der Waals surface area contributed by atoms with Crippen LogP contribution in [-0.2, 0) is 35.0 Å². The van der Waals surface area contributed by atoms with Crippen molar-refractivity contribution in [2.24, 2.45) is 5.92 Å². The van der Waals surface area contributed by atoms with E-state index in [1.54, 1.807) is 45.4 Å². The molecule has 270 valence electrons. The molecular weight excluding hydrogens is 669 g/mol. The lowest BCUT2D eigenvalue weighted by atomic mass is 9.87. The van der Waals surface area contributed by atoms with Crippen molar-refractivity contribution in [1.82, 2.24) is 9.80 Å². The van der Waals surface area contributed by atoms with E-state index in [0.29, 0.717) is 75.7 Å². The van der Waals surface area contributed by atoms with Gasteiger partial charge in [-0.05, 0) is 75.6 Å². The molecule has 3 heterocycles. The number of para-hydroxylation sites is 1. The highest BCUT2D eigenvalue weighted by Gasteiger charge is 2.61. The number of carbonyl (C=O) groups is 3. The molecule has 0 bridgehead atoms. The number of Topliss-reactive ketones (excluding diaryl/α,β-unsaturated/α-hetero) is 1. The van der Waals surface area contributed by atoms with E-state index in [9.17, 15) is 14.4 Å². The number of hydrogen-bond donors (Lipinski definition) is 1. The summed E-state index contributed by atoms with van der Waals surface area (Å²) in [6.07, 6.45) is 5.78. The zero-order valence-electron chi connectivity index (χ0n) is 28.8. The van der Waals surface area contributed by atoms with E-state index in [1.165, 1.54) is 12.3 Å². The van der Waals surface area contributed by atoms with Crippen LogP contribution in [0.25, 0.3) is 11.0 Å². The number of fused-ring (bicyclic) bond motifs is 1. The number of amides is 1. The van der Waals surface area contributed by atoms with Gasteiger partial charge in [0.25, 0.3) is 5.91 Å². The maximum Gasteiger partial charge on any atom is 0.308 e. The molecule has 11 nitrogen and oxygen atoms in total. The Labute approximate surface area is 296 Å². The number of anilines is 1. The monoisotopic (exact) mass is 713 g/mol. The average molecular weight is 714 g/mol. The van der Waals surface area contributed by atoms with Gasteiger partial charge < -0.3 is 28.7 Å². The van der Waals surface area contributed by atoms with Crippen LogP contribution in [0.4, 0.5) is 10.1 Å². The van der Waals surface area contributed by atoms with E-state index in [-0.39, 0.29) is 52.0 Å². The van der Waals surface area contributed by atoms with Gasteiger partial charge in [0.2, 0.25) is 11.8 Å². The minimum absolute atomic E-state index is 0.0598. The van der Waals surface area contributed by atoms with Gasteiger partial charge in [-0.3, -0.25) is 19.3 Å². The fraction of sp³-hybridized carbons (Fsp3) is 0.541. The molecule has 1 saturated carbocycles. The first-order valence-electron chi connectivity index (χ1n) is 17.4. The van der Waals surface area contributed by atoms with Gasteiger partial charge in [-0.25, -0.2) is 9.29 Å². The predicted molar refractivity (Wildman–Crippen MR) is 184 cm³/mol. The molecule has 3 aromatic rings. The van der Waals surface area contributed by atoms with Crippen LogP contribution < -0.4 is 5.32 Å². The minimum atomic E-state index is -1.64. The van der Waals surface area contributed by atoms with E-state index in [2.05, 4.69) is 5.32 Å². The van der Waals surface area contributed by atoms with Crippen LogP contribution >= 0.6 is 11.6 Å². The third-order valence-corrected chi connectivity index (χ3v) is 10.6. The number of carbonyl (C=O) groups excluding carboxylic acids is 3. The lowest BCUT2D eigenvalue weighted by Gasteiger charge is -2.52. The summed E-state index contributed by atoms with van der Waals surface area (Å²) in [6, 6.07) is 9.60. The minimum Gasteiger partial charge on any atom is -0.466 e. The van der Waals surface area contributed by atoms with Crippen LogP contribution in [0, 0.1) is 11.7 Å². The van der Waals surface area contributed by atoms with Gasteiger partial charge in [0.15, 0.2) is 5.78 Å². The molecule has 0 spiro atoms. The molecule has 2 aliphatic heterocycles. The number of likely N-dealkylation sites (tertiary alicyclic amines) is 2. The van der Waals surface area contributed by atoms with Crippen molar-refractivity contribution >= 4 is 45.9 Å². The van der Waals surface area contributed by atoms with Crippen molar-refractivity contribution in [2.45, 2.75) is 82.6 Å². The van der Waals surface area contributed by atoms with E-state index in [1.807, 2.05) is 9.80 Å². The van der Waals surface area contributed by atoms with Crippen molar-refractivity contribution in [3.63, 3.8) is 0 Å². The molecule has 1 aliphatic carbocycles. The van der Waals surface area contributed by atoms with Crippen LogP contribution in [0.1, 0.15) is 74.2 Å². The topological polar surface area (TPSA) is 120 Å². The van der Waals surface area contributed by atoms with Crippen LogP contribution in [0.15, 0.2) is 47.1 Å². The van der Waals surface area contributed by atoms with E-state index >= 15 is 4.39 Å². The van der Waals surface area contributed by atoms with Gasteiger partial charge in [0, 0.05) is 52.1 Å². The highest BCUT2D eigenvalue weighted by Crippen LogP contribution is 2.44. The molecule has 1 amide bonds. The highest BCUT2D eigenvalue weighted by molar-refractivity contribution is 6.34. The summed E-state index contributed by atoms with van der Waals surface area (Å²) >= 11 is 6.64. The maximum absolute atomic E-state index is 16.0. The summed E-state index contributed by atoms with van der Waals surface area (Å²) in [5.41, 5.74) is 0.951. The second-order valence-corrected chi connectivity index (χ2v) is 13.6. The molecule has 1 unspecified atom stereocenters. The van der Waals surface area contributed by atoms with Gasteiger partial charge >= 0.3 is 5.97 Å². The fourth-order valence-corrected chi connectivity index (χ4v) is 7.97. The lowest BCUT2D eigenvalue weighted by molar-refractivity contribution is -0.364. The summed E-state index contributed by atoms with van der Waals surface area (Å²) in [4.78, 5) is 44.5. The first-order chi connectivity index (χ1) is 24.2. The highest BCUT2D eigenvalue weighted by atomic mass is 35.5.